The van der Waals surface area contributed by atoms with Crippen LogP contribution in [0.25, 0.3) is 0 Å². The van der Waals surface area contributed by atoms with Crippen LogP contribution in [0.15, 0.2) is 24.3 Å². The summed E-state index contributed by atoms with van der Waals surface area (Å²) in [4.78, 5) is 23.9. The first-order chi connectivity index (χ1) is 7.60. The lowest BCUT2D eigenvalue weighted by Crippen LogP contribution is -2.22. The number of hydrogen-bond acceptors (Lipinski definition) is 3. The van der Waals surface area contributed by atoms with Crippen molar-refractivity contribution >= 4 is 17.4 Å². The lowest BCUT2D eigenvalue weighted by molar-refractivity contribution is -0.131. The van der Waals surface area contributed by atoms with E-state index in [-0.39, 0.29) is 5.56 Å². The quantitative estimate of drug-likeness (QED) is 0.608. The first-order valence-electron chi connectivity index (χ1n) is 5.22. The van der Waals surface area contributed by atoms with Gasteiger partial charge in [-0.2, -0.15) is 0 Å². The Balaban J connectivity index is 3.03. The van der Waals surface area contributed by atoms with Gasteiger partial charge in [0.25, 0.3) is 5.78 Å². The summed E-state index contributed by atoms with van der Waals surface area (Å²) in [5.74, 6) is -2.29. The molecule has 0 heterocycles. The summed E-state index contributed by atoms with van der Waals surface area (Å²) in [6.45, 7) is 5.66. The summed E-state index contributed by atoms with van der Waals surface area (Å²) < 4.78 is 0. The van der Waals surface area contributed by atoms with Crippen LogP contribution in [0.2, 0.25) is 0 Å². The Morgan fingerprint density at radius 1 is 1.25 bits per heavy atom. The largest absolute Gasteiger partial charge is 0.475 e. The summed E-state index contributed by atoms with van der Waals surface area (Å²) in [5, 5.41) is 8.62. The molecule has 0 saturated heterocycles. The Kier molecular flexibility index (Phi) is 4.05. The molecule has 0 atom stereocenters. The average molecular weight is 221 g/mol. The summed E-state index contributed by atoms with van der Waals surface area (Å²) in [7, 11) is 0. The van der Waals surface area contributed by atoms with Crippen LogP contribution in [-0.2, 0) is 4.79 Å². The van der Waals surface area contributed by atoms with Crippen molar-refractivity contribution in [3.05, 3.63) is 29.8 Å². The van der Waals surface area contributed by atoms with Crippen molar-refractivity contribution < 1.29 is 14.7 Å². The van der Waals surface area contributed by atoms with Gasteiger partial charge in [-0.05, 0) is 26.0 Å². The van der Waals surface area contributed by atoms with Gasteiger partial charge in [-0.25, -0.2) is 4.79 Å². The maximum atomic E-state index is 11.3. The first kappa shape index (κ1) is 12.2. The molecule has 0 aliphatic carbocycles. The number of carbonyl (C=O) groups is 2. The average Bonchev–Trinajstić information content (AvgIpc) is 2.30. The van der Waals surface area contributed by atoms with Crippen LogP contribution < -0.4 is 4.90 Å². The van der Waals surface area contributed by atoms with Crippen molar-refractivity contribution in [3.8, 4) is 0 Å². The van der Waals surface area contributed by atoms with E-state index in [1.54, 1.807) is 12.1 Å². The molecule has 4 nitrogen and oxygen atoms in total. The Morgan fingerprint density at radius 2 is 1.88 bits per heavy atom. The third-order valence-corrected chi connectivity index (χ3v) is 2.43. The van der Waals surface area contributed by atoms with Gasteiger partial charge < -0.3 is 10.0 Å². The molecular weight excluding hydrogens is 206 g/mol. The predicted octanol–water partition coefficient (Wildman–Crippen LogP) is 1.80. The van der Waals surface area contributed by atoms with Gasteiger partial charge in [0.2, 0.25) is 0 Å². The van der Waals surface area contributed by atoms with Crippen molar-refractivity contribution in [2.45, 2.75) is 13.8 Å². The van der Waals surface area contributed by atoms with Gasteiger partial charge in [-0.15, -0.1) is 0 Å². The van der Waals surface area contributed by atoms with Crippen LogP contribution in [0.4, 0.5) is 5.69 Å². The normalized spacial score (nSPS) is 9.88. The molecule has 4 heteroatoms. The summed E-state index contributed by atoms with van der Waals surface area (Å²) in [5.41, 5.74) is 1.09. The molecule has 0 aliphatic heterocycles. The molecule has 0 fully saturated rings. The van der Waals surface area contributed by atoms with Gasteiger partial charge >= 0.3 is 5.97 Å². The molecule has 0 bridgehead atoms. The summed E-state index contributed by atoms with van der Waals surface area (Å²) >= 11 is 0. The van der Waals surface area contributed by atoms with Gasteiger partial charge in [0.05, 0.1) is 0 Å². The highest BCUT2D eigenvalue weighted by molar-refractivity contribution is 6.39. The van der Waals surface area contributed by atoms with Crippen LogP contribution in [0.5, 0.6) is 0 Å². The fourth-order valence-corrected chi connectivity index (χ4v) is 1.56. The second kappa shape index (κ2) is 5.30. The smallest absolute Gasteiger partial charge is 0.377 e. The molecule has 0 unspecified atom stereocenters. The van der Waals surface area contributed by atoms with E-state index in [1.807, 2.05) is 19.9 Å². The van der Waals surface area contributed by atoms with E-state index in [9.17, 15) is 9.59 Å². The molecule has 0 saturated carbocycles. The molecule has 0 aromatic heterocycles. The number of carbonyl (C=O) groups excluding carboxylic acids is 1. The number of anilines is 1. The lowest BCUT2D eigenvalue weighted by Gasteiger charge is -2.21. The number of carboxylic acid groups (broad SMARTS) is 1. The van der Waals surface area contributed by atoms with Crippen molar-refractivity contribution in [2.75, 3.05) is 18.0 Å². The Morgan fingerprint density at radius 3 is 2.38 bits per heavy atom. The molecule has 0 aliphatic rings. The zero-order valence-electron chi connectivity index (χ0n) is 9.43. The maximum absolute atomic E-state index is 11.3. The Labute approximate surface area is 94.5 Å². The topological polar surface area (TPSA) is 57.6 Å². The van der Waals surface area contributed by atoms with E-state index in [1.165, 1.54) is 6.07 Å². The first-order valence-corrected chi connectivity index (χ1v) is 5.22. The second-order valence-corrected chi connectivity index (χ2v) is 3.36. The number of hydrogen-bond donors (Lipinski definition) is 1. The van der Waals surface area contributed by atoms with E-state index >= 15 is 0 Å². The van der Waals surface area contributed by atoms with Crippen molar-refractivity contribution in [3.63, 3.8) is 0 Å². The standard InChI is InChI=1S/C12H15NO3/c1-3-13(4-2)10-7-5-6-9(8-10)11(14)12(15)16/h5-8H,3-4H2,1-2H3,(H,15,16). The molecule has 86 valence electrons. The highest BCUT2D eigenvalue weighted by Crippen LogP contribution is 2.16. The molecule has 1 aromatic rings. The number of nitrogens with zero attached hydrogens (tertiary/aromatic N) is 1. The fraction of sp³-hybridized carbons (Fsp3) is 0.333. The number of ketones is 1. The van der Waals surface area contributed by atoms with Crippen molar-refractivity contribution in [2.24, 2.45) is 0 Å². The van der Waals surface area contributed by atoms with Crippen LogP contribution in [0, 0.1) is 0 Å². The van der Waals surface area contributed by atoms with E-state index in [0.717, 1.165) is 18.8 Å². The van der Waals surface area contributed by atoms with Gasteiger partial charge in [0.1, 0.15) is 0 Å². The zero-order valence-corrected chi connectivity index (χ0v) is 9.43. The number of rotatable bonds is 5. The number of carboxylic acids is 1. The van der Waals surface area contributed by atoms with Crippen LogP contribution in [0.3, 0.4) is 0 Å². The van der Waals surface area contributed by atoms with Crippen molar-refractivity contribution in [1.29, 1.82) is 0 Å². The van der Waals surface area contributed by atoms with Gasteiger partial charge in [0.15, 0.2) is 0 Å². The van der Waals surface area contributed by atoms with Gasteiger partial charge in [-0.3, -0.25) is 4.79 Å². The van der Waals surface area contributed by atoms with Crippen LogP contribution >= 0.6 is 0 Å². The summed E-state index contributed by atoms with van der Waals surface area (Å²) in [6.07, 6.45) is 0. The Hall–Kier alpha value is -1.84. The minimum atomic E-state index is -1.42. The van der Waals surface area contributed by atoms with E-state index in [2.05, 4.69) is 4.90 Å². The number of benzene rings is 1. The fourth-order valence-electron chi connectivity index (χ4n) is 1.56. The van der Waals surface area contributed by atoms with Crippen molar-refractivity contribution in [1.82, 2.24) is 0 Å². The van der Waals surface area contributed by atoms with E-state index < -0.39 is 11.8 Å². The monoisotopic (exact) mass is 221 g/mol. The lowest BCUT2D eigenvalue weighted by atomic mass is 10.1. The van der Waals surface area contributed by atoms with Gasteiger partial charge in [-0.1, -0.05) is 12.1 Å². The Bertz CT molecular complexity index is 397. The third kappa shape index (κ3) is 2.59. The third-order valence-electron chi connectivity index (χ3n) is 2.43. The zero-order chi connectivity index (χ0) is 12.1. The second-order valence-electron chi connectivity index (χ2n) is 3.36. The molecule has 0 amide bonds. The molecule has 16 heavy (non-hydrogen) atoms. The number of aliphatic carboxylic acids is 1. The molecular formula is C12H15NO3. The molecule has 1 rings (SSSR count). The molecule has 1 aromatic carbocycles. The minimum absolute atomic E-state index is 0.219. The van der Waals surface area contributed by atoms with E-state index in [0.29, 0.717) is 0 Å². The SMILES string of the molecule is CCN(CC)c1cccc(C(=O)C(=O)O)c1. The highest BCUT2D eigenvalue weighted by atomic mass is 16.4. The van der Waals surface area contributed by atoms with Gasteiger partial charge in [0, 0.05) is 24.3 Å². The highest BCUT2D eigenvalue weighted by Gasteiger charge is 2.15. The molecule has 1 N–H and O–H groups in total. The predicted molar refractivity (Wildman–Crippen MR) is 62.0 cm³/mol. The maximum Gasteiger partial charge on any atom is 0.377 e. The molecule has 0 radical (unpaired) electrons. The van der Waals surface area contributed by atoms with Crippen LogP contribution in [-0.4, -0.2) is 29.9 Å². The minimum Gasteiger partial charge on any atom is -0.475 e. The number of Topliss-reactive ketones (excluding diaryl/α,β-unsaturated/α-hetero) is 1. The van der Waals surface area contributed by atoms with E-state index in [4.69, 9.17) is 5.11 Å². The van der Waals surface area contributed by atoms with Crippen LogP contribution in [0.1, 0.15) is 24.2 Å². The molecule has 0 spiro atoms. The summed E-state index contributed by atoms with van der Waals surface area (Å²) in [6, 6.07) is 6.70.